The lowest BCUT2D eigenvalue weighted by molar-refractivity contribution is -0.117. The summed E-state index contributed by atoms with van der Waals surface area (Å²) in [7, 11) is 0. The van der Waals surface area contributed by atoms with Crippen molar-refractivity contribution in [3.63, 3.8) is 0 Å². The van der Waals surface area contributed by atoms with Gasteiger partial charge in [-0.15, -0.1) is 0 Å². The van der Waals surface area contributed by atoms with Crippen LogP contribution in [0.25, 0.3) is 11.5 Å². The van der Waals surface area contributed by atoms with Crippen molar-refractivity contribution in [1.29, 1.82) is 0 Å². The second-order valence-electron chi connectivity index (χ2n) is 5.52. The highest BCUT2D eigenvalue weighted by Crippen LogP contribution is 2.16. The molecule has 0 spiro atoms. The first-order valence-electron chi connectivity index (χ1n) is 7.77. The maximum Gasteiger partial charge on any atom is 0.337 e. The van der Waals surface area contributed by atoms with Crippen LogP contribution in [0.15, 0.2) is 47.1 Å². The number of carboxylic acid groups (broad SMARTS) is 1. The summed E-state index contributed by atoms with van der Waals surface area (Å²) >= 11 is 0. The Bertz CT molecular complexity index is 973. The van der Waals surface area contributed by atoms with Crippen molar-refractivity contribution in [2.24, 2.45) is 5.73 Å². The molecule has 4 N–H and O–H groups in total. The summed E-state index contributed by atoms with van der Waals surface area (Å²) in [6.45, 7) is 0. The first kappa shape index (κ1) is 18.1. The van der Waals surface area contributed by atoms with Gasteiger partial charge in [0.05, 0.1) is 29.9 Å². The Labute approximate surface area is 152 Å². The Balaban J connectivity index is 1.67. The fraction of sp³-hybridized carbons (Fsp3) is 0.118. The van der Waals surface area contributed by atoms with Crippen molar-refractivity contribution < 1.29 is 23.6 Å². The number of hydrogen-bond donors (Lipinski definition) is 3. The number of carbonyl (C=O) groups is 2. The van der Waals surface area contributed by atoms with Gasteiger partial charge in [-0.1, -0.05) is 17.3 Å². The zero-order valence-electron chi connectivity index (χ0n) is 13.8. The fourth-order valence-corrected chi connectivity index (χ4v) is 2.23. The fourth-order valence-electron chi connectivity index (χ4n) is 2.23. The Morgan fingerprint density at radius 2 is 2.04 bits per heavy atom. The van der Waals surface area contributed by atoms with Gasteiger partial charge in [0, 0.05) is 0 Å². The highest BCUT2D eigenvalue weighted by molar-refractivity contribution is 6.02. The monoisotopic (exact) mass is 371 g/mol. The number of rotatable bonds is 6. The molecule has 1 aromatic carbocycles. The molecule has 10 heteroatoms. The largest absolute Gasteiger partial charge is 0.478 e. The lowest BCUT2D eigenvalue weighted by Gasteiger charge is -2.12. The van der Waals surface area contributed by atoms with Crippen LogP contribution in [-0.2, 0) is 11.2 Å². The Morgan fingerprint density at radius 1 is 1.26 bits per heavy atom. The van der Waals surface area contributed by atoms with Gasteiger partial charge in [-0.3, -0.25) is 4.79 Å². The van der Waals surface area contributed by atoms with E-state index in [1.165, 1.54) is 24.3 Å². The van der Waals surface area contributed by atoms with Crippen molar-refractivity contribution in [3.8, 4) is 11.5 Å². The molecule has 0 saturated heterocycles. The topological polar surface area (TPSA) is 144 Å². The summed E-state index contributed by atoms with van der Waals surface area (Å²) in [5, 5.41) is 15.3. The molecule has 0 aliphatic carbocycles. The van der Waals surface area contributed by atoms with Crippen LogP contribution in [-0.4, -0.2) is 38.1 Å². The highest BCUT2D eigenvalue weighted by atomic mass is 19.1. The Hall–Kier alpha value is -3.66. The number of amides is 1. The van der Waals surface area contributed by atoms with E-state index in [0.717, 1.165) is 6.20 Å². The van der Waals surface area contributed by atoms with E-state index in [1.54, 1.807) is 12.1 Å². The predicted molar refractivity (Wildman–Crippen MR) is 91.2 cm³/mol. The smallest absolute Gasteiger partial charge is 0.337 e. The molecule has 3 aromatic rings. The molecule has 0 fully saturated rings. The van der Waals surface area contributed by atoms with Gasteiger partial charge in [0.25, 0.3) is 0 Å². The van der Waals surface area contributed by atoms with Gasteiger partial charge >= 0.3 is 5.97 Å². The van der Waals surface area contributed by atoms with Gasteiger partial charge in [0.1, 0.15) is 11.5 Å². The van der Waals surface area contributed by atoms with Crippen LogP contribution >= 0.6 is 0 Å². The Kier molecular flexibility index (Phi) is 5.18. The standard InChI is InChI=1S/C17H14FN5O4/c18-9-5-6-13(20-8-9)15-22-14(27-23-15)7-11(19)16(24)21-12-4-2-1-3-10(12)17(25)26/h1-6,8,11H,7,19H2,(H,21,24)(H,25,26). The SMILES string of the molecule is NC(Cc1nc(-c2ccc(F)cn2)no1)C(=O)Nc1ccccc1C(=O)O. The molecule has 27 heavy (non-hydrogen) atoms. The molecule has 0 aliphatic heterocycles. The number of hydrogen-bond acceptors (Lipinski definition) is 7. The molecular formula is C17H14FN5O4. The van der Waals surface area contributed by atoms with Crippen LogP contribution in [0.1, 0.15) is 16.2 Å². The summed E-state index contributed by atoms with van der Waals surface area (Å²) in [6.07, 6.45) is 0.944. The molecule has 2 heterocycles. The zero-order chi connectivity index (χ0) is 19.4. The van der Waals surface area contributed by atoms with Crippen molar-refractivity contribution in [2.75, 3.05) is 5.32 Å². The maximum atomic E-state index is 12.9. The summed E-state index contributed by atoms with van der Waals surface area (Å²) in [5.41, 5.74) is 6.22. The van der Waals surface area contributed by atoms with Crippen LogP contribution in [0.4, 0.5) is 10.1 Å². The molecular weight excluding hydrogens is 357 g/mol. The van der Waals surface area contributed by atoms with Crippen molar-refractivity contribution in [1.82, 2.24) is 15.1 Å². The molecule has 3 rings (SSSR count). The highest BCUT2D eigenvalue weighted by Gasteiger charge is 2.20. The van der Waals surface area contributed by atoms with Crippen molar-refractivity contribution in [2.45, 2.75) is 12.5 Å². The van der Waals surface area contributed by atoms with Gasteiger partial charge in [0.2, 0.25) is 17.6 Å². The summed E-state index contributed by atoms with van der Waals surface area (Å²) in [5.74, 6) is -2.06. The quantitative estimate of drug-likeness (QED) is 0.591. The summed E-state index contributed by atoms with van der Waals surface area (Å²) in [4.78, 5) is 31.3. The summed E-state index contributed by atoms with van der Waals surface area (Å²) < 4.78 is 17.9. The van der Waals surface area contributed by atoms with E-state index >= 15 is 0 Å². The van der Waals surface area contributed by atoms with E-state index in [-0.39, 0.29) is 29.4 Å². The van der Waals surface area contributed by atoms with Crippen LogP contribution < -0.4 is 11.1 Å². The minimum absolute atomic E-state index is 0.0551. The minimum Gasteiger partial charge on any atom is -0.478 e. The number of nitrogens with one attached hydrogen (secondary N) is 1. The molecule has 0 bridgehead atoms. The third kappa shape index (κ3) is 4.30. The molecule has 0 saturated carbocycles. The van der Waals surface area contributed by atoms with E-state index in [0.29, 0.717) is 5.69 Å². The van der Waals surface area contributed by atoms with E-state index < -0.39 is 23.7 Å². The average Bonchev–Trinajstić information content (AvgIpc) is 3.11. The predicted octanol–water partition coefficient (Wildman–Crippen LogP) is 1.48. The summed E-state index contributed by atoms with van der Waals surface area (Å²) in [6, 6.07) is 7.50. The molecule has 9 nitrogen and oxygen atoms in total. The normalized spacial score (nSPS) is 11.8. The zero-order valence-corrected chi connectivity index (χ0v) is 13.8. The average molecular weight is 371 g/mol. The van der Waals surface area contributed by atoms with E-state index in [1.807, 2.05) is 0 Å². The number of para-hydroxylation sites is 1. The molecule has 138 valence electrons. The van der Waals surface area contributed by atoms with E-state index in [9.17, 15) is 14.0 Å². The van der Waals surface area contributed by atoms with Crippen molar-refractivity contribution >= 4 is 17.6 Å². The number of carboxylic acids is 1. The maximum absolute atomic E-state index is 12.9. The number of benzene rings is 1. The number of nitrogens with zero attached hydrogens (tertiary/aromatic N) is 3. The molecule has 0 radical (unpaired) electrons. The third-order valence-electron chi connectivity index (χ3n) is 3.57. The van der Waals surface area contributed by atoms with E-state index in [2.05, 4.69) is 20.4 Å². The number of anilines is 1. The second kappa shape index (κ2) is 7.70. The van der Waals surface area contributed by atoms with Gasteiger partial charge in [-0.2, -0.15) is 4.98 Å². The molecule has 2 aromatic heterocycles. The van der Waals surface area contributed by atoms with Gasteiger partial charge in [-0.05, 0) is 24.3 Å². The lowest BCUT2D eigenvalue weighted by Crippen LogP contribution is -2.37. The molecule has 0 aliphatic rings. The molecule has 1 amide bonds. The van der Waals surface area contributed by atoms with E-state index in [4.69, 9.17) is 15.4 Å². The van der Waals surface area contributed by atoms with Crippen LogP contribution in [0.5, 0.6) is 0 Å². The number of nitrogens with two attached hydrogens (primary N) is 1. The number of carbonyl (C=O) groups excluding carboxylic acids is 1. The van der Waals surface area contributed by atoms with Crippen LogP contribution in [0.2, 0.25) is 0 Å². The molecule has 1 unspecified atom stereocenters. The van der Waals surface area contributed by atoms with Gasteiger partial charge in [0.15, 0.2) is 0 Å². The Morgan fingerprint density at radius 3 is 2.74 bits per heavy atom. The van der Waals surface area contributed by atoms with Gasteiger partial charge in [-0.25, -0.2) is 14.2 Å². The first-order valence-corrected chi connectivity index (χ1v) is 7.77. The third-order valence-corrected chi connectivity index (χ3v) is 3.57. The number of pyridine rings is 1. The molecule has 1 atom stereocenters. The lowest BCUT2D eigenvalue weighted by atomic mass is 10.1. The second-order valence-corrected chi connectivity index (χ2v) is 5.52. The van der Waals surface area contributed by atoms with Crippen LogP contribution in [0, 0.1) is 5.82 Å². The number of aromatic carboxylic acids is 1. The number of aromatic nitrogens is 3. The minimum atomic E-state index is -1.17. The van der Waals surface area contributed by atoms with Crippen molar-refractivity contribution in [3.05, 3.63) is 59.9 Å². The van der Waals surface area contributed by atoms with Gasteiger partial charge < -0.3 is 20.7 Å². The number of halogens is 1. The van der Waals surface area contributed by atoms with Crippen LogP contribution in [0.3, 0.4) is 0 Å². The first-order chi connectivity index (χ1) is 12.9.